The molecule has 0 radical (unpaired) electrons. The van der Waals surface area contributed by atoms with Crippen molar-refractivity contribution in [2.75, 3.05) is 39.8 Å². The highest BCUT2D eigenvalue weighted by Gasteiger charge is 2.62. The Morgan fingerprint density at radius 3 is 2.41 bits per heavy atom. The maximum absolute atomic E-state index is 13.1. The van der Waals surface area contributed by atoms with Gasteiger partial charge in [0.25, 0.3) is 6.47 Å². The SMILES string of the molecule is CC.CC1=CC=CCC(C[C@H](C)NC(=O)CCC(C)C2CCC3C4C(CC[C@]23C)[C@@]2(C)CC[C@H](CCCNCCNCCN)C[C@H]2C[C@H]4O)=C1.COC=O. The highest BCUT2D eigenvalue weighted by Crippen LogP contribution is 2.68. The predicted molar refractivity (Wildman–Crippen MR) is 225 cm³/mol. The molecule has 54 heavy (non-hydrogen) atoms. The van der Waals surface area contributed by atoms with Gasteiger partial charge in [0.1, 0.15) is 0 Å². The Morgan fingerprint density at radius 2 is 1.70 bits per heavy atom. The van der Waals surface area contributed by atoms with E-state index in [0.29, 0.717) is 65.8 Å². The molecule has 6 N–H and O–H groups in total. The monoisotopic (exact) mass is 755 g/mol. The Labute approximate surface area is 330 Å². The molecule has 4 fully saturated rings. The number of hydrogen-bond donors (Lipinski definition) is 5. The number of carbonyl (C=O) groups excluding carboxylic acids is 2. The Bertz CT molecular complexity index is 1220. The smallest absolute Gasteiger partial charge is 0.292 e. The lowest BCUT2D eigenvalue weighted by atomic mass is 9.43. The lowest BCUT2D eigenvalue weighted by Crippen LogP contribution is -2.58. The second kappa shape index (κ2) is 23.3. The zero-order valence-electron chi connectivity index (χ0n) is 35.8. The fraction of sp³-hybridized carbons (Fsp3) is 0.826. The van der Waals surface area contributed by atoms with Crippen molar-refractivity contribution in [3.8, 4) is 0 Å². The summed E-state index contributed by atoms with van der Waals surface area (Å²) in [6.07, 6.45) is 24.9. The first-order valence-corrected chi connectivity index (χ1v) is 22.0. The van der Waals surface area contributed by atoms with Crippen LogP contribution in [0.25, 0.3) is 0 Å². The number of aliphatic hydroxyl groups is 1. The molecular weight excluding hydrogens is 673 g/mol. The molecule has 0 aromatic rings. The van der Waals surface area contributed by atoms with Crippen LogP contribution in [-0.2, 0) is 14.3 Å². The van der Waals surface area contributed by atoms with Crippen molar-refractivity contribution in [3.05, 3.63) is 35.5 Å². The zero-order chi connectivity index (χ0) is 39.7. The van der Waals surface area contributed by atoms with E-state index in [1.807, 2.05) is 13.8 Å². The number of ether oxygens (including phenoxy) is 1. The minimum atomic E-state index is -0.140. The molecule has 0 aromatic heterocycles. The number of allylic oxidation sites excluding steroid dienone is 5. The second-order valence-corrected chi connectivity index (χ2v) is 18.0. The zero-order valence-corrected chi connectivity index (χ0v) is 35.8. The Balaban J connectivity index is 0.00000122. The normalized spacial score (nSPS) is 33.7. The van der Waals surface area contributed by atoms with Gasteiger partial charge < -0.3 is 31.5 Å². The summed E-state index contributed by atoms with van der Waals surface area (Å²) in [5.74, 6) is 4.67. The largest absolute Gasteiger partial charge is 0.471 e. The molecular formula is C46H82N4O4. The molecule has 0 saturated heterocycles. The average molecular weight is 755 g/mol. The van der Waals surface area contributed by atoms with Gasteiger partial charge in [-0.25, -0.2) is 0 Å². The van der Waals surface area contributed by atoms with Crippen molar-refractivity contribution < 1.29 is 19.4 Å². The minimum Gasteiger partial charge on any atom is -0.471 e. The maximum Gasteiger partial charge on any atom is 0.292 e. The Hall–Kier alpha value is -2.00. The van der Waals surface area contributed by atoms with E-state index in [1.54, 1.807) is 0 Å². The number of aliphatic hydroxyl groups excluding tert-OH is 1. The van der Waals surface area contributed by atoms with Gasteiger partial charge in [-0.05, 0) is 156 Å². The topological polar surface area (TPSA) is 126 Å². The number of hydrogen-bond acceptors (Lipinski definition) is 7. The predicted octanol–water partition coefficient (Wildman–Crippen LogP) is 8.11. The number of methoxy groups -OCH3 is 1. The number of nitrogens with one attached hydrogen (secondary N) is 3. The van der Waals surface area contributed by atoms with E-state index < -0.39 is 0 Å². The van der Waals surface area contributed by atoms with Crippen molar-refractivity contribution in [2.24, 2.45) is 58.0 Å². The van der Waals surface area contributed by atoms with Crippen LogP contribution in [-0.4, -0.2) is 69.5 Å². The fourth-order valence-corrected chi connectivity index (χ4v) is 12.0. The molecule has 0 bridgehead atoms. The lowest BCUT2D eigenvalue weighted by molar-refractivity contribution is -0.169. The van der Waals surface area contributed by atoms with E-state index in [2.05, 4.69) is 79.6 Å². The minimum absolute atomic E-state index is 0.140. The van der Waals surface area contributed by atoms with Gasteiger partial charge in [-0.1, -0.05) is 70.1 Å². The van der Waals surface area contributed by atoms with Gasteiger partial charge in [0, 0.05) is 38.6 Å². The standard InChI is InChI=1S/C42H72N4O2.C2H4O2.C2H6/c1-29-9-6-7-10-33(25-29)26-31(3)46-39(48)15-12-30(2)35-13-14-36-40-37(17-19-42(35,36)5)41(4)18-16-32(27-34(41)28-38(40)47)11-8-21-44-23-24-45-22-20-43;1-4-2-3;1-2/h6-7,9,25,30-32,34-38,40,44-45,47H,8,10-24,26-28,43H2,1-5H3,(H,46,48);2H,1H3;1-2H3/t30?,31-,32-,34-,35?,36?,37?,38+,40?,41-,42+;;/m0../s1. The third-order valence-electron chi connectivity index (χ3n) is 14.5. The molecule has 11 atom stereocenters. The molecule has 8 nitrogen and oxygen atoms in total. The quantitative estimate of drug-likeness (QED) is 0.0751. The van der Waals surface area contributed by atoms with Crippen LogP contribution in [0, 0.1) is 52.3 Å². The molecule has 0 aromatic carbocycles. The van der Waals surface area contributed by atoms with Crippen molar-refractivity contribution in [1.29, 1.82) is 0 Å². The molecule has 5 unspecified atom stereocenters. The highest BCUT2D eigenvalue weighted by atomic mass is 16.5. The van der Waals surface area contributed by atoms with Gasteiger partial charge in [-0.2, -0.15) is 0 Å². The summed E-state index contributed by atoms with van der Waals surface area (Å²) in [7, 11) is 1.31. The van der Waals surface area contributed by atoms with Gasteiger partial charge in [0.2, 0.25) is 5.91 Å². The first-order valence-electron chi connectivity index (χ1n) is 22.0. The summed E-state index contributed by atoms with van der Waals surface area (Å²) in [5.41, 5.74) is 8.92. The van der Waals surface area contributed by atoms with Crippen molar-refractivity contribution >= 4 is 12.4 Å². The summed E-state index contributed by atoms with van der Waals surface area (Å²) in [5, 5.41) is 22.2. The van der Waals surface area contributed by atoms with Gasteiger partial charge in [0.05, 0.1) is 13.2 Å². The number of nitrogens with two attached hydrogens (primary N) is 1. The number of carbonyl (C=O) groups is 2. The Morgan fingerprint density at radius 1 is 1.02 bits per heavy atom. The van der Waals surface area contributed by atoms with Gasteiger partial charge >= 0.3 is 0 Å². The first kappa shape index (κ1) is 46.4. The van der Waals surface area contributed by atoms with Crippen LogP contribution in [0.5, 0.6) is 0 Å². The lowest BCUT2D eigenvalue weighted by Gasteiger charge is -2.62. The highest BCUT2D eigenvalue weighted by molar-refractivity contribution is 5.76. The molecule has 5 aliphatic carbocycles. The maximum atomic E-state index is 13.1. The van der Waals surface area contributed by atoms with Crippen LogP contribution in [0.2, 0.25) is 0 Å². The van der Waals surface area contributed by atoms with E-state index in [9.17, 15) is 9.90 Å². The van der Waals surface area contributed by atoms with Crippen LogP contribution in [0.3, 0.4) is 0 Å². The second-order valence-electron chi connectivity index (χ2n) is 18.0. The van der Waals surface area contributed by atoms with Crippen molar-refractivity contribution in [2.45, 2.75) is 151 Å². The Kier molecular flexibility index (Phi) is 20.0. The average Bonchev–Trinajstić information content (AvgIpc) is 3.38. The van der Waals surface area contributed by atoms with Crippen LogP contribution in [0.4, 0.5) is 0 Å². The summed E-state index contributed by atoms with van der Waals surface area (Å²) in [4.78, 5) is 22.0. The summed E-state index contributed by atoms with van der Waals surface area (Å²) >= 11 is 0. The van der Waals surface area contributed by atoms with Gasteiger partial charge in [0.15, 0.2) is 0 Å². The molecule has 0 aliphatic heterocycles. The third kappa shape index (κ3) is 12.5. The molecule has 4 saturated carbocycles. The van der Waals surface area contributed by atoms with E-state index in [0.717, 1.165) is 57.8 Å². The van der Waals surface area contributed by atoms with Crippen LogP contribution >= 0.6 is 0 Å². The number of fused-ring (bicyclic) bond motifs is 5. The molecule has 0 heterocycles. The molecule has 1 amide bonds. The third-order valence-corrected chi connectivity index (χ3v) is 14.5. The molecule has 5 aliphatic rings. The van der Waals surface area contributed by atoms with E-state index >= 15 is 0 Å². The van der Waals surface area contributed by atoms with Gasteiger partial charge in [-0.15, -0.1) is 0 Å². The van der Waals surface area contributed by atoms with E-state index in [-0.39, 0.29) is 18.1 Å². The summed E-state index contributed by atoms with van der Waals surface area (Å²) in [6.45, 7) is 21.0. The molecule has 8 heteroatoms. The van der Waals surface area contributed by atoms with E-state index in [4.69, 9.17) is 10.5 Å². The number of rotatable bonds is 17. The molecule has 310 valence electrons. The van der Waals surface area contributed by atoms with Crippen LogP contribution < -0.4 is 21.7 Å². The number of amides is 1. The van der Waals surface area contributed by atoms with Crippen LogP contribution in [0.1, 0.15) is 138 Å². The molecule has 0 spiro atoms. The van der Waals surface area contributed by atoms with Crippen molar-refractivity contribution in [3.63, 3.8) is 0 Å². The van der Waals surface area contributed by atoms with Gasteiger partial charge in [-0.3, -0.25) is 9.59 Å². The van der Waals surface area contributed by atoms with Crippen LogP contribution in [0.15, 0.2) is 35.5 Å². The fourth-order valence-electron chi connectivity index (χ4n) is 12.0. The molecule has 5 rings (SSSR count). The summed E-state index contributed by atoms with van der Waals surface area (Å²) < 4.78 is 3.86. The van der Waals surface area contributed by atoms with E-state index in [1.165, 1.54) is 76.0 Å². The summed E-state index contributed by atoms with van der Waals surface area (Å²) in [6, 6.07) is 0.159. The van der Waals surface area contributed by atoms with Crippen molar-refractivity contribution in [1.82, 2.24) is 16.0 Å². The first-order chi connectivity index (χ1) is 26.0.